The first-order valence-electron chi connectivity index (χ1n) is 4.96. The average molecular weight is 229 g/mol. The highest BCUT2D eigenvalue weighted by atomic mass is 32.1. The summed E-state index contributed by atoms with van der Waals surface area (Å²) in [6, 6.07) is 0. The number of carbonyl (C=O) groups excluding carboxylic acids is 1. The van der Waals surface area contributed by atoms with Gasteiger partial charge in [-0.3, -0.25) is 4.79 Å². The third kappa shape index (κ3) is 3.24. The van der Waals surface area contributed by atoms with Gasteiger partial charge in [-0.2, -0.15) is 0 Å². The fourth-order valence-electron chi connectivity index (χ4n) is 1.05. The molecule has 0 fully saturated rings. The van der Waals surface area contributed by atoms with Crippen LogP contribution in [0, 0.1) is 0 Å². The Balaban J connectivity index is 2.54. The number of aliphatic hydroxyl groups is 1. The predicted molar refractivity (Wildman–Crippen MR) is 57.9 cm³/mol. The molecule has 1 atom stereocenters. The predicted octanol–water partition coefficient (Wildman–Crippen LogP) is 0.601. The zero-order chi connectivity index (χ0) is 11.3. The quantitative estimate of drug-likeness (QED) is 0.775. The van der Waals surface area contributed by atoms with Crippen LogP contribution in [0.15, 0.2) is 0 Å². The van der Waals surface area contributed by atoms with Crippen LogP contribution in [-0.2, 0) is 6.42 Å². The van der Waals surface area contributed by atoms with Crippen molar-refractivity contribution in [3.05, 3.63) is 10.6 Å². The maximum Gasteiger partial charge on any atom is 0.265 e. The second-order valence-corrected chi connectivity index (χ2v) is 3.93. The Morgan fingerprint density at radius 2 is 2.33 bits per heavy atom. The van der Waals surface area contributed by atoms with E-state index in [1.165, 1.54) is 0 Å². The monoisotopic (exact) mass is 229 g/mol. The van der Waals surface area contributed by atoms with Crippen molar-refractivity contribution in [3.63, 3.8) is 0 Å². The number of amides is 1. The van der Waals surface area contributed by atoms with Gasteiger partial charge < -0.3 is 10.4 Å². The molecule has 0 spiro atoms. The zero-order valence-corrected chi connectivity index (χ0v) is 9.67. The van der Waals surface area contributed by atoms with Gasteiger partial charge in [-0.05, 0) is 24.4 Å². The third-order valence-electron chi connectivity index (χ3n) is 2.07. The van der Waals surface area contributed by atoms with Crippen molar-refractivity contribution in [1.82, 2.24) is 14.9 Å². The number of nitrogens with zero attached hydrogens (tertiary/aromatic N) is 2. The second-order valence-electron chi connectivity index (χ2n) is 3.17. The highest BCUT2D eigenvalue weighted by Crippen LogP contribution is 2.10. The molecule has 0 saturated carbocycles. The topological polar surface area (TPSA) is 75.1 Å². The van der Waals surface area contributed by atoms with E-state index in [1.807, 2.05) is 13.8 Å². The van der Waals surface area contributed by atoms with E-state index in [0.717, 1.165) is 11.5 Å². The van der Waals surface area contributed by atoms with Crippen LogP contribution in [0.1, 0.15) is 35.6 Å². The molecule has 5 nitrogen and oxygen atoms in total. The van der Waals surface area contributed by atoms with Gasteiger partial charge in [-0.25, -0.2) is 0 Å². The molecule has 0 aliphatic carbocycles. The first kappa shape index (κ1) is 12.1. The van der Waals surface area contributed by atoms with E-state index in [0.29, 0.717) is 23.4 Å². The number of nitrogens with one attached hydrogen (secondary N) is 1. The van der Waals surface area contributed by atoms with Crippen LogP contribution in [0.3, 0.4) is 0 Å². The summed E-state index contributed by atoms with van der Waals surface area (Å²) in [5.41, 5.74) is 0.712. The minimum Gasteiger partial charge on any atom is -0.391 e. The molecule has 1 aromatic heterocycles. The van der Waals surface area contributed by atoms with Gasteiger partial charge in [0.1, 0.15) is 4.88 Å². The molecule has 2 N–H and O–H groups in total. The molecule has 0 aromatic carbocycles. The van der Waals surface area contributed by atoms with Crippen molar-refractivity contribution >= 4 is 17.4 Å². The van der Waals surface area contributed by atoms with Gasteiger partial charge in [-0.15, -0.1) is 5.10 Å². The largest absolute Gasteiger partial charge is 0.391 e. The maximum absolute atomic E-state index is 11.6. The van der Waals surface area contributed by atoms with Crippen molar-refractivity contribution in [3.8, 4) is 0 Å². The lowest BCUT2D eigenvalue weighted by Gasteiger charge is -2.08. The van der Waals surface area contributed by atoms with Crippen molar-refractivity contribution in [1.29, 1.82) is 0 Å². The van der Waals surface area contributed by atoms with Gasteiger partial charge >= 0.3 is 0 Å². The van der Waals surface area contributed by atoms with Crippen LogP contribution < -0.4 is 5.32 Å². The summed E-state index contributed by atoms with van der Waals surface area (Å²) in [6.45, 7) is 4.06. The number of aryl methyl sites for hydroxylation is 1. The van der Waals surface area contributed by atoms with Gasteiger partial charge in [0, 0.05) is 6.54 Å². The molecule has 1 rings (SSSR count). The molecule has 1 aromatic rings. The molecule has 15 heavy (non-hydrogen) atoms. The standard InChI is InChI=1S/C9H15N3O2S/c1-3-6(13)5-10-9(14)8-7(4-2)11-12-15-8/h6,13H,3-5H2,1-2H3,(H,10,14). The van der Waals surface area contributed by atoms with E-state index < -0.39 is 6.10 Å². The van der Waals surface area contributed by atoms with Crippen molar-refractivity contribution < 1.29 is 9.90 Å². The number of aliphatic hydroxyl groups excluding tert-OH is 1. The van der Waals surface area contributed by atoms with Crippen LogP contribution >= 0.6 is 11.5 Å². The molecular formula is C9H15N3O2S. The molecule has 1 amide bonds. The fraction of sp³-hybridized carbons (Fsp3) is 0.667. The Labute approximate surface area is 92.7 Å². The summed E-state index contributed by atoms with van der Waals surface area (Å²) in [5.74, 6) is -0.200. The Bertz CT molecular complexity index is 327. The molecule has 0 bridgehead atoms. The highest BCUT2D eigenvalue weighted by Gasteiger charge is 2.15. The van der Waals surface area contributed by atoms with E-state index >= 15 is 0 Å². The van der Waals surface area contributed by atoms with Gasteiger partial charge in [0.15, 0.2) is 0 Å². The fourth-order valence-corrected chi connectivity index (χ4v) is 1.71. The van der Waals surface area contributed by atoms with Crippen molar-refractivity contribution in [2.75, 3.05) is 6.54 Å². The Morgan fingerprint density at radius 1 is 1.60 bits per heavy atom. The number of hydrogen-bond acceptors (Lipinski definition) is 5. The van der Waals surface area contributed by atoms with Crippen LogP contribution in [0.25, 0.3) is 0 Å². The van der Waals surface area contributed by atoms with Crippen molar-refractivity contribution in [2.24, 2.45) is 0 Å². The number of carbonyl (C=O) groups is 1. The van der Waals surface area contributed by atoms with E-state index in [2.05, 4.69) is 14.9 Å². The van der Waals surface area contributed by atoms with E-state index in [9.17, 15) is 9.90 Å². The smallest absolute Gasteiger partial charge is 0.265 e. The summed E-state index contributed by atoms with van der Waals surface area (Å²) >= 11 is 1.09. The van der Waals surface area contributed by atoms with Crippen LogP contribution in [0.4, 0.5) is 0 Å². The average Bonchev–Trinajstić information content (AvgIpc) is 2.73. The highest BCUT2D eigenvalue weighted by molar-refractivity contribution is 7.08. The first-order valence-corrected chi connectivity index (χ1v) is 5.73. The number of rotatable bonds is 5. The lowest BCUT2D eigenvalue weighted by atomic mass is 10.2. The molecule has 0 aliphatic heterocycles. The minimum absolute atomic E-state index is 0.200. The number of hydrogen-bond donors (Lipinski definition) is 2. The van der Waals surface area contributed by atoms with Crippen LogP contribution in [0.2, 0.25) is 0 Å². The van der Waals surface area contributed by atoms with Crippen molar-refractivity contribution in [2.45, 2.75) is 32.8 Å². The molecule has 1 unspecified atom stereocenters. The summed E-state index contributed by atoms with van der Waals surface area (Å²) in [5, 5.41) is 15.8. The second kappa shape index (κ2) is 5.77. The Morgan fingerprint density at radius 3 is 2.93 bits per heavy atom. The Hall–Kier alpha value is -1.01. The summed E-state index contributed by atoms with van der Waals surface area (Å²) < 4.78 is 3.73. The molecule has 6 heteroatoms. The molecule has 0 aliphatic rings. The minimum atomic E-state index is -0.486. The third-order valence-corrected chi connectivity index (χ3v) is 2.83. The van der Waals surface area contributed by atoms with E-state index in [-0.39, 0.29) is 12.5 Å². The van der Waals surface area contributed by atoms with Gasteiger partial charge in [0.25, 0.3) is 5.91 Å². The Kier molecular flexibility index (Phi) is 4.64. The molecule has 0 saturated heterocycles. The lowest BCUT2D eigenvalue weighted by molar-refractivity contribution is 0.0917. The zero-order valence-electron chi connectivity index (χ0n) is 8.86. The van der Waals surface area contributed by atoms with Gasteiger partial charge in [-0.1, -0.05) is 18.3 Å². The molecule has 84 valence electrons. The van der Waals surface area contributed by atoms with Gasteiger partial charge in [0.2, 0.25) is 0 Å². The first-order chi connectivity index (χ1) is 7.19. The van der Waals surface area contributed by atoms with Crippen LogP contribution in [0.5, 0.6) is 0 Å². The molecule has 0 radical (unpaired) electrons. The van der Waals surface area contributed by atoms with E-state index in [1.54, 1.807) is 0 Å². The lowest BCUT2D eigenvalue weighted by Crippen LogP contribution is -2.31. The molecular weight excluding hydrogens is 214 g/mol. The summed E-state index contributed by atoms with van der Waals surface area (Å²) in [6.07, 6.45) is 0.831. The SMILES string of the molecule is CCc1nnsc1C(=O)NCC(O)CC. The molecule has 1 heterocycles. The maximum atomic E-state index is 11.6. The summed E-state index contributed by atoms with van der Waals surface area (Å²) in [7, 11) is 0. The number of aromatic nitrogens is 2. The normalized spacial score (nSPS) is 12.5. The summed E-state index contributed by atoms with van der Waals surface area (Å²) in [4.78, 5) is 12.2. The van der Waals surface area contributed by atoms with Crippen LogP contribution in [-0.4, -0.2) is 33.2 Å². The van der Waals surface area contributed by atoms with Gasteiger partial charge in [0.05, 0.1) is 11.8 Å². The van der Waals surface area contributed by atoms with E-state index in [4.69, 9.17) is 0 Å².